The minimum Gasteiger partial charge on any atom is -0.365 e. The molecule has 6 heterocycles. The lowest BCUT2D eigenvalue weighted by Gasteiger charge is -2.56. The zero-order valence-corrected chi connectivity index (χ0v) is 16.0. The van der Waals surface area contributed by atoms with Gasteiger partial charge in [0.25, 0.3) is 0 Å². The summed E-state index contributed by atoms with van der Waals surface area (Å²) in [5.41, 5.74) is 1.56. The van der Waals surface area contributed by atoms with Crippen LogP contribution in [0, 0.1) is 5.92 Å². The lowest BCUT2D eigenvalue weighted by atomic mass is 9.64. The fourth-order valence-electron chi connectivity index (χ4n) is 5.62. The SMILES string of the molecule is c1ccc(C23CN4CCN(CC(C4)C2Nc2ncnc4sccc24)C3)cc1. The number of aromatic nitrogens is 2. The molecule has 138 valence electrons. The highest BCUT2D eigenvalue weighted by Crippen LogP contribution is 2.44. The van der Waals surface area contributed by atoms with Crippen molar-refractivity contribution in [1.82, 2.24) is 19.8 Å². The molecule has 0 aliphatic carbocycles. The van der Waals surface area contributed by atoms with Crippen molar-refractivity contribution in [2.24, 2.45) is 5.92 Å². The third-order valence-corrected chi connectivity index (χ3v) is 7.52. The number of rotatable bonds is 3. The minimum absolute atomic E-state index is 0.103. The van der Waals surface area contributed by atoms with Crippen LogP contribution in [0.15, 0.2) is 48.1 Å². The lowest BCUT2D eigenvalue weighted by molar-refractivity contribution is 0.0438. The van der Waals surface area contributed by atoms with Crippen LogP contribution in [0.2, 0.25) is 0 Å². The molecule has 4 bridgehead atoms. The Morgan fingerprint density at radius 1 is 1.00 bits per heavy atom. The quantitative estimate of drug-likeness (QED) is 0.760. The van der Waals surface area contributed by atoms with Crippen LogP contribution in [0.5, 0.6) is 0 Å². The number of piperidine rings is 2. The van der Waals surface area contributed by atoms with Crippen LogP contribution in [-0.2, 0) is 5.41 Å². The number of thiophene rings is 1. The van der Waals surface area contributed by atoms with Gasteiger partial charge in [-0.15, -0.1) is 11.3 Å². The molecule has 27 heavy (non-hydrogen) atoms. The van der Waals surface area contributed by atoms with E-state index in [1.165, 1.54) is 31.7 Å². The van der Waals surface area contributed by atoms with Gasteiger partial charge in [0.1, 0.15) is 17.0 Å². The van der Waals surface area contributed by atoms with Gasteiger partial charge < -0.3 is 15.1 Å². The molecular weight excluding hydrogens is 354 g/mol. The zero-order chi connectivity index (χ0) is 17.8. The molecule has 0 amide bonds. The Bertz CT molecular complexity index is 955. The highest BCUT2D eigenvalue weighted by Gasteiger charge is 2.55. The van der Waals surface area contributed by atoms with Crippen LogP contribution >= 0.6 is 11.3 Å². The van der Waals surface area contributed by atoms with Crippen molar-refractivity contribution in [1.29, 1.82) is 0 Å². The second-order valence-electron chi connectivity index (χ2n) is 8.24. The minimum atomic E-state index is 0.103. The molecule has 3 atom stereocenters. The van der Waals surface area contributed by atoms with Gasteiger partial charge in [0.2, 0.25) is 0 Å². The molecule has 0 radical (unpaired) electrons. The van der Waals surface area contributed by atoms with E-state index in [1.54, 1.807) is 17.7 Å². The number of benzene rings is 1. The van der Waals surface area contributed by atoms with Gasteiger partial charge in [0.15, 0.2) is 0 Å². The Kier molecular flexibility index (Phi) is 3.55. The molecular formula is C21H23N5S. The molecule has 3 aromatic rings. The normalized spacial score (nSPS) is 34.7. The monoisotopic (exact) mass is 377 g/mol. The van der Waals surface area contributed by atoms with Crippen molar-refractivity contribution in [3.8, 4) is 0 Å². The topological polar surface area (TPSA) is 44.3 Å². The molecule has 3 unspecified atom stereocenters. The van der Waals surface area contributed by atoms with Crippen molar-refractivity contribution < 1.29 is 0 Å². The first-order valence-corrected chi connectivity index (χ1v) is 10.6. The van der Waals surface area contributed by atoms with Crippen molar-refractivity contribution >= 4 is 27.4 Å². The van der Waals surface area contributed by atoms with E-state index >= 15 is 0 Å². The average Bonchev–Trinajstić information content (AvgIpc) is 3.05. The summed E-state index contributed by atoms with van der Waals surface area (Å²) >= 11 is 1.68. The highest BCUT2D eigenvalue weighted by atomic mass is 32.1. The first kappa shape index (κ1) is 16.0. The molecule has 4 saturated heterocycles. The number of anilines is 1. The number of fused-ring (bicyclic) bond motifs is 2. The summed E-state index contributed by atoms with van der Waals surface area (Å²) in [5, 5.41) is 7.18. The van der Waals surface area contributed by atoms with E-state index in [0.29, 0.717) is 12.0 Å². The van der Waals surface area contributed by atoms with E-state index in [4.69, 9.17) is 0 Å². The molecule has 1 aromatic carbocycles. The maximum atomic E-state index is 4.64. The number of hydrogen-bond acceptors (Lipinski definition) is 6. The van der Waals surface area contributed by atoms with Gasteiger partial charge in [-0.05, 0) is 17.0 Å². The third-order valence-electron chi connectivity index (χ3n) is 6.70. The molecule has 0 spiro atoms. The second kappa shape index (κ2) is 5.99. The maximum absolute atomic E-state index is 4.64. The summed E-state index contributed by atoms with van der Waals surface area (Å²) in [6.45, 7) is 7.00. The number of hydrogen-bond donors (Lipinski definition) is 1. The average molecular weight is 378 g/mol. The Balaban J connectivity index is 1.47. The van der Waals surface area contributed by atoms with E-state index < -0.39 is 0 Å². The van der Waals surface area contributed by atoms with E-state index in [0.717, 1.165) is 29.1 Å². The molecule has 0 saturated carbocycles. The Hall–Kier alpha value is -2.02. The van der Waals surface area contributed by atoms with E-state index in [2.05, 4.69) is 66.9 Å². The Labute approximate surface area is 163 Å². The van der Waals surface area contributed by atoms with Gasteiger partial charge in [-0.2, -0.15) is 0 Å². The molecule has 4 aliphatic rings. The van der Waals surface area contributed by atoms with E-state index in [9.17, 15) is 0 Å². The van der Waals surface area contributed by atoms with Crippen molar-refractivity contribution in [3.63, 3.8) is 0 Å². The fourth-order valence-corrected chi connectivity index (χ4v) is 6.35. The molecule has 1 N–H and O–H groups in total. The van der Waals surface area contributed by atoms with Gasteiger partial charge in [0.05, 0.1) is 5.39 Å². The predicted octanol–water partition coefficient (Wildman–Crippen LogP) is 2.67. The highest BCUT2D eigenvalue weighted by molar-refractivity contribution is 7.16. The van der Waals surface area contributed by atoms with Crippen LogP contribution in [0.1, 0.15) is 5.56 Å². The van der Waals surface area contributed by atoms with Crippen LogP contribution in [0.25, 0.3) is 10.2 Å². The summed E-state index contributed by atoms with van der Waals surface area (Å²) in [5.74, 6) is 1.61. The van der Waals surface area contributed by atoms with Crippen LogP contribution in [-0.4, -0.2) is 65.1 Å². The van der Waals surface area contributed by atoms with Gasteiger partial charge >= 0.3 is 0 Å². The summed E-state index contributed by atoms with van der Waals surface area (Å²) in [7, 11) is 0. The van der Waals surface area contributed by atoms with Gasteiger partial charge in [-0.25, -0.2) is 9.97 Å². The molecule has 2 aromatic heterocycles. The first-order chi connectivity index (χ1) is 13.3. The van der Waals surface area contributed by atoms with Gasteiger partial charge in [0, 0.05) is 56.6 Å². The van der Waals surface area contributed by atoms with Crippen LogP contribution in [0.4, 0.5) is 5.82 Å². The molecule has 4 fully saturated rings. The summed E-state index contributed by atoms with van der Waals surface area (Å²) in [6, 6.07) is 13.7. The molecule has 6 heteroatoms. The van der Waals surface area contributed by atoms with Crippen LogP contribution in [0.3, 0.4) is 0 Å². The predicted molar refractivity (Wildman–Crippen MR) is 109 cm³/mol. The lowest BCUT2D eigenvalue weighted by Crippen LogP contribution is -2.68. The summed E-state index contributed by atoms with van der Waals surface area (Å²) in [6.07, 6.45) is 1.70. The second-order valence-corrected chi connectivity index (χ2v) is 9.13. The summed E-state index contributed by atoms with van der Waals surface area (Å²) < 4.78 is 0. The van der Waals surface area contributed by atoms with Crippen molar-refractivity contribution in [3.05, 3.63) is 53.7 Å². The van der Waals surface area contributed by atoms with E-state index in [1.807, 2.05) is 0 Å². The van der Waals surface area contributed by atoms with Gasteiger partial charge in [-0.3, -0.25) is 0 Å². The van der Waals surface area contributed by atoms with E-state index in [-0.39, 0.29) is 5.41 Å². The Morgan fingerprint density at radius 2 is 1.78 bits per heavy atom. The number of nitrogens with one attached hydrogen (secondary N) is 1. The smallest absolute Gasteiger partial charge is 0.138 e. The molecule has 4 aliphatic heterocycles. The first-order valence-electron chi connectivity index (χ1n) is 9.77. The van der Waals surface area contributed by atoms with Crippen LogP contribution < -0.4 is 5.32 Å². The largest absolute Gasteiger partial charge is 0.365 e. The fraction of sp³-hybridized carbons (Fsp3) is 0.429. The maximum Gasteiger partial charge on any atom is 0.138 e. The van der Waals surface area contributed by atoms with Crippen molar-refractivity contribution in [2.45, 2.75) is 11.5 Å². The van der Waals surface area contributed by atoms with Gasteiger partial charge in [-0.1, -0.05) is 30.3 Å². The third kappa shape index (κ3) is 2.43. The summed E-state index contributed by atoms with van der Waals surface area (Å²) in [4.78, 5) is 15.5. The zero-order valence-electron chi connectivity index (χ0n) is 15.2. The number of nitrogens with zero attached hydrogens (tertiary/aromatic N) is 4. The molecule has 5 nitrogen and oxygen atoms in total. The molecule has 7 rings (SSSR count). The standard InChI is InChI=1S/C21H23N5S/c1-2-4-16(5-3-1)21-12-25-7-8-26(13-21)11-15(10-25)18(21)24-19-17-6-9-27-20(17)23-14-22-19/h1-6,9,14-15,18H,7-8,10-13H2,(H,22,23,24). The Morgan fingerprint density at radius 3 is 2.56 bits per heavy atom. The van der Waals surface area contributed by atoms with Crippen molar-refractivity contribution in [2.75, 3.05) is 44.6 Å².